The zero-order valence-electron chi connectivity index (χ0n) is 12.9. The highest BCUT2D eigenvalue weighted by atomic mass is 15.2. The van der Waals surface area contributed by atoms with Crippen molar-refractivity contribution in [2.24, 2.45) is 0 Å². The quantitative estimate of drug-likeness (QED) is 0.732. The van der Waals surface area contributed by atoms with Crippen LogP contribution in [0.2, 0.25) is 0 Å². The van der Waals surface area contributed by atoms with E-state index >= 15 is 0 Å². The Kier molecular flexibility index (Phi) is 6.89. The van der Waals surface area contributed by atoms with Crippen molar-refractivity contribution in [1.29, 1.82) is 0 Å². The molecule has 0 spiro atoms. The lowest BCUT2D eigenvalue weighted by Crippen LogP contribution is -2.38. The molecule has 3 nitrogen and oxygen atoms in total. The fourth-order valence-electron chi connectivity index (χ4n) is 2.23. The molecule has 1 rings (SSSR count). The molecule has 0 amide bonds. The molecule has 0 aliphatic carbocycles. The highest BCUT2D eigenvalue weighted by Crippen LogP contribution is 2.15. The maximum atomic E-state index is 6.04. The Morgan fingerprint density at radius 1 is 1.05 bits per heavy atom. The minimum atomic E-state index is 0.537. The van der Waals surface area contributed by atoms with Gasteiger partial charge in [0.1, 0.15) is 0 Å². The number of likely N-dealkylation sites (N-methyl/N-ethyl adjacent to an activating group) is 1. The van der Waals surface area contributed by atoms with E-state index in [1.165, 1.54) is 5.56 Å². The molecule has 0 radical (unpaired) electrons. The number of hydrogen-bond acceptors (Lipinski definition) is 3. The Labute approximate surface area is 118 Å². The van der Waals surface area contributed by atoms with Gasteiger partial charge in [-0.3, -0.25) is 4.90 Å². The van der Waals surface area contributed by atoms with E-state index in [1.807, 2.05) is 12.1 Å². The van der Waals surface area contributed by atoms with Gasteiger partial charge in [-0.2, -0.15) is 0 Å². The lowest BCUT2D eigenvalue weighted by molar-refractivity contribution is 0.175. The molecule has 0 bridgehead atoms. The highest BCUT2D eigenvalue weighted by molar-refractivity contribution is 5.46. The first-order valence-electron chi connectivity index (χ1n) is 7.38. The van der Waals surface area contributed by atoms with Crippen LogP contribution >= 0.6 is 0 Å². The van der Waals surface area contributed by atoms with Gasteiger partial charge >= 0.3 is 0 Å². The van der Waals surface area contributed by atoms with Gasteiger partial charge in [-0.15, -0.1) is 0 Å². The number of nitrogens with zero attached hydrogens (tertiary/aromatic N) is 2. The monoisotopic (exact) mass is 263 g/mol. The lowest BCUT2D eigenvalue weighted by atomic mass is 10.1. The van der Waals surface area contributed by atoms with Crippen LogP contribution in [0.1, 0.15) is 33.3 Å². The molecular weight excluding hydrogens is 234 g/mol. The van der Waals surface area contributed by atoms with Crippen molar-refractivity contribution >= 4 is 5.69 Å². The van der Waals surface area contributed by atoms with Gasteiger partial charge in [-0.1, -0.05) is 32.0 Å². The molecule has 19 heavy (non-hydrogen) atoms. The molecule has 0 unspecified atom stereocenters. The lowest BCUT2D eigenvalue weighted by Gasteiger charge is -2.29. The van der Waals surface area contributed by atoms with Crippen LogP contribution < -0.4 is 5.73 Å². The summed E-state index contributed by atoms with van der Waals surface area (Å²) in [5.74, 6) is 0. The SMILES string of the molecule is CCN(CC)CCN(Cc1ccccc1N)C(C)C. The van der Waals surface area contributed by atoms with Crippen LogP contribution in [0.4, 0.5) is 5.69 Å². The largest absolute Gasteiger partial charge is 0.398 e. The van der Waals surface area contributed by atoms with Crippen molar-refractivity contribution < 1.29 is 0 Å². The van der Waals surface area contributed by atoms with E-state index in [9.17, 15) is 0 Å². The van der Waals surface area contributed by atoms with Crippen LogP contribution in [-0.4, -0.2) is 42.0 Å². The summed E-state index contributed by atoms with van der Waals surface area (Å²) in [5, 5.41) is 0. The Balaban J connectivity index is 2.61. The van der Waals surface area contributed by atoms with E-state index < -0.39 is 0 Å². The third-order valence-corrected chi connectivity index (χ3v) is 3.76. The van der Waals surface area contributed by atoms with Crippen LogP contribution in [0.3, 0.4) is 0 Å². The smallest absolute Gasteiger partial charge is 0.0359 e. The Morgan fingerprint density at radius 3 is 2.21 bits per heavy atom. The third-order valence-electron chi connectivity index (χ3n) is 3.76. The minimum absolute atomic E-state index is 0.537. The number of nitrogen functional groups attached to an aromatic ring is 1. The zero-order valence-corrected chi connectivity index (χ0v) is 12.9. The fourth-order valence-corrected chi connectivity index (χ4v) is 2.23. The molecule has 0 saturated heterocycles. The second-order valence-corrected chi connectivity index (χ2v) is 5.29. The topological polar surface area (TPSA) is 32.5 Å². The highest BCUT2D eigenvalue weighted by Gasteiger charge is 2.12. The molecule has 0 aliphatic rings. The first-order chi connectivity index (χ1) is 9.08. The molecule has 0 saturated carbocycles. The zero-order chi connectivity index (χ0) is 14.3. The van der Waals surface area contributed by atoms with Crippen molar-refractivity contribution in [3.63, 3.8) is 0 Å². The van der Waals surface area contributed by atoms with Gasteiger partial charge < -0.3 is 10.6 Å². The Hall–Kier alpha value is -1.06. The van der Waals surface area contributed by atoms with E-state index in [0.29, 0.717) is 6.04 Å². The van der Waals surface area contributed by atoms with Crippen molar-refractivity contribution in [2.45, 2.75) is 40.3 Å². The number of para-hydroxylation sites is 1. The van der Waals surface area contributed by atoms with Crippen LogP contribution in [0.5, 0.6) is 0 Å². The average Bonchev–Trinajstić information content (AvgIpc) is 2.40. The van der Waals surface area contributed by atoms with Crippen LogP contribution in [0.15, 0.2) is 24.3 Å². The van der Waals surface area contributed by atoms with Gasteiger partial charge in [0.25, 0.3) is 0 Å². The standard InChI is InChI=1S/C16H29N3/c1-5-18(6-2)11-12-19(14(3)4)13-15-9-7-8-10-16(15)17/h7-10,14H,5-6,11-13,17H2,1-4H3. The van der Waals surface area contributed by atoms with Crippen LogP contribution in [-0.2, 0) is 6.54 Å². The molecule has 0 heterocycles. The number of anilines is 1. The Morgan fingerprint density at radius 2 is 1.68 bits per heavy atom. The molecule has 0 fully saturated rings. The molecule has 0 atom stereocenters. The molecule has 1 aromatic rings. The number of rotatable bonds is 8. The van der Waals surface area contributed by atoms with Crippen LogP contribution in [0, 0.1) is 0 Å². The van der Waals surface area contributed by atoms with Gasteiger partial charge in [0.05, 0.1) is 0 Å². The van der Waals surface area contributed by atoms with Gasteiger partial charge in [0.15, 0.2) is 0 Å². The summed E-state index contributed by atoms with van der Waals surface area (Å²) in [5.41, 5.74) is 8.17. The fraction of sp³-hybridized carbons (Fsp3) is 0.625. The second kappa shape index (κ2) is 8.18. The van der Waals surface area contributed by atoms with E-state index in [-0.39, 0.29) is 0 Å². The van der Waals surface area contributed by atoms with Gasteiger partial charge in [-0.25, -0.2) is 0 Å². The molecule has 2 N–H and O–H groups in total. The second-order valence-electron chi connectivity index (χ2n) is 5.29. The minimum Gasteiger partial charge on any atom is -0.398 e. The van der Waals surface area contributed by atoms with Crippen LogP contribution in [0.25, 0.3) is 0 Å². The van der Waals surface area contributed by atoms with Gasteiger partial charge in [0.2, 0.25) is 0 Å². The third kappa shape index (κ3) is 5.21. The van der Waals surface area contributed by atoms with Crippen molar-refractivity contribution in [2.75, 3.05) is 31.9 Å². The summed E-state index contributed by atoms with van der Waals surface area (Å²) in [6, 6.07) is 8.71. The Bertz CT molecular complexity index is 359. The van der Waals surface area contributed by atoms with E-state index in [0.717, 1.165) is 38.4 Å². The summed E-state index contributed by atoms with van der Waals surface area (Å²) in [6.07, 6.45) is 0. The van der Waals surface area contributed by atoms with Gasteiger partial charge in [0, 0.05) is 31.4 Å². The first-order valence-corrected chi connectivity index (χ1v) is 7.38. The molecule has 0 aliphatic heterocycles. The number of hydrogen-bond donors (Lipinski definition) is 1. The molecular formula is C16H29N3. The number of benzene rings is 1. The predicted molar refractivity (Wildman–Crippen MR) is 84.2 cm³/mol. The predicted octanol–water partition coefficient (Wildman–Crippen LogP) is 2.82. The maximum absolute atomic E-state index is 6.04. The molecule has 0 aromatic heterocycles. The first kappa shape index (κ1) is 16.0. The summed E-state index contributed by atoms with van der Waals surface area (Å²) >= 11 is 0. The molecule has 1 aromatic carbocycles. The number of nitrogens with two attached hydrogens (primary N) is 1. The molecule has 3 heteroatoms. The normalized spacial score (nSPS) is 11.7. The average molecular weight is 263 g/mol. The van der Waals surface area contributed by atoms with E-state index in [2.05, 4.69) is 49.6 Å². The van der Waals surface area contributed by atoms with Crippen molar-refractivity contribution in [3.8, 4) is 0 Å². The maximum Gasteiger partial charge on any atom is 0.0359 e. The summed E-state index contributed by atoms with van der Waals surface area (Å²) in [7, 11) is 0. The van der Waals surface area contributed by atoms with Crippen molar-refractivity contribution in [3.05, 3.63) is 29.8 Å². The summed E-state index contributed by atoms with van der Waals surface area (Å²) < 4.78 is 0. The summed E-state index contributed by atoms with van der Waals surface area (Å²) in [4.78, 5) is 4.95. The van der Waals surface area contributed by atoms with E-state index in [4.69, 9.17) is 5.73 Å². The van der Waals surface area contributed by atoms with E-state index in [1.54, 1.807) is 0 Å². The summed E-state index contributed by atoms with van der Waals surface area (Å²) in [6.45, 7) is 14.3. The molecule has 108 valence electrons. The van der Waals surface area contributed by atoms with Crippen molar-refractivity contribution in [1.82, 2.24) is 9.80 Å². The van der Waals surface area contributed by atoms with Gasteiger partial charge in [-0.05, 0) is 38.6 Å².